The van der Waals surface area contributed by atoms with Gasteiger partial charge in [-0.05, 0) is 24.6 Å². The van der Waals surface area contributed by atoms with Crippen molar-refractivity contribution < 1.29 is 4.39 Å². The average molecular weight is 255 g/mol. The molecule has 0 atom stereocenters. The van der Waals surface area contributed by atoms with Crippen LogP contribution in [0.1, 0.15) is 5.56 Å². The zero-order valence-electron chi connectivity index (χ0n) is 10.1. The summed E-state index contributed by atoms with van der Waals surface area (Å²) in [7, 11) is 0. The van der Waals surface area contributed by atoms with E-state index in [-0.39, 0.29) is 5.82 Å². The van der Waals surface area contributed by atoms with Crippen LogP contribution < -0.4 is 5.73 Å². The van der Waals surface area contributed by atoms with Crippen molar-refractivity contribution in [2.75, 3.05) is 5.73 Å². The molecule has 0 bridgehead atoms. The maximum absolute atomic E-state index is 13.2. The summed E-state index contributed by atoms with van der Waals surface area (Å²) in [5.41, 5.74) is 8.47. The van der Waals surface area contributed by atoms with Crippen molar-refractivity contribution in [2.24, 2.45) is 0 Å². The van der Waals surface area contributed by atoms with E-state index in [2.05, 4.69) is 19.9 Å². The Morgan fingerprint density at radius 2 is 1.95 bits per heavy atom. The van der Waals surface area contributed by atoms with Gasteiger partial charge in [0.2, 0.25) is 0 Å². The topological polar surface area (TPSA) is 77.6 Å². The molecule has 3 rings (SSSR count). The highest BCUT2D eigenvalue weighted by molar-refractivity contribution is 5.85. The maximum atomic E-state index is 13.2. The van der Waals surface area contributed by atoms with Gasteiger partial charge in [0.15, 0.2) is 11.6 Å². The lowest BCUT2D eigenvalue weighted by atomic mass is 10.2. The van der Waals surface area contributed by atoms with Gasteiger partial charge in [-0.15, -0.1) is 0 Å². The van der Waals surface area contributed by atoms with Crippen LogP contribution in [0.3, 0.4) is 0 Å². The number of hydrogen-bond donors (Lipinski definition) is 1. The number of aryl methyl sites for hydroxylation is 1. The van der Waals surface area contributed by atoms with E-state index in [1.807, 2.05) is 13.0 Å². The summed E-state index contributed by atoms with van der Waals surface area (Å²) in [4.78, 5) is 16.5. The van der Waals surface area contributed by atoms with Gasteiger partial charge in [0.25, 0.3) is 0 Å². The molecular weight excluding hydrogens is 245 g/mol. The van der Waals surface area contributed by atoms with Gasteiger partial charge in [0, 0.05) is 18.0 Å². The van der Waals surface area contributed by atoms with Crippen molar-refractivity contribution in [3.05, 3.63) is 42.1 Å². The van der Waals surface area contributed by atoms with Crippen LogP contribution in [0.25, 0.3) is 22.4 Å². The maximum Gasteiger partial charge on any atom is 0.163 e. The molecule has 5 nitrogen and oxygen atoms in total. The number of nitrogens with two attached hydrogens (primary N) is 1. The molecule has 94 valence electrons. The zero-order valence-corrected chi connectivity index (χ0v) is 10.1. The molecule has 6 heteroatoms. The molecule has 3 heterocycles. The van der Waals surface area contributed by atoms with Crippen LogP contribution >= 0.6 is 0 Å². The van der Waals surface area contributed by atoms with Gasteiger partial charge in [-0.25, -0.2) is 14.4 Å². The van der Waals surface area contributed by atoms with Gasteiger partial charge < -0.3 is 5.73 Å². The van der Waals surface area contributed by atoms with Crippen LogP contribution in [0.15, 0.2) is 30.7 Å². The quantitative estimate of drug-likeness (QED) is 0.720. The number of anilines is 1. The zero-order chi connectivity index (χ0) is 13.4. The monoisotopic (exact) mass is 255 g/mol. The number of fused-ring (bicyclic) bond motifs is 1. The van der Waals surface area contributed by atoms with Crippen LogP contribution in [0.4, 0.5) is 10.2 Å². The number of aromatic nitrogens is 4. The van der Waals surface area contributed by atoms with Crippen molar-refractivity contribution in [3.63, 3.8) is 0 Å². The lowest BCUT2D eigenvalue weighted by Gasteiger charge is -2.05. The molecule has 0 radical (unpaired) electrons. The first-order valence-electron chi connectivity index (χ1n) is 5.64. The molecule has 0 saturated heterocycles. The lowest BCUT2D eigenvalue weighted by Crippen LogP contribution is -2.00. The van der Waals surface area contributed by atoms with Gasteiger partial charge in [-0.3, -0.25) is 9.97 Å². The Balaban J connectivity index is 2.25. The molecule has 0 aliphatic heterocycles. The number of hydrogen-bond acceptors (Lipinski definition) is 5. The van der Waals surface area contributed by atoms with E-state index in [4.69, 9.17) is 5.73 Å². The Kier molecular flexibility index (Phi) is 2.56. The predicted molar refractivity (Wildman–Crippen MR) is 69.7 cm³/mol. The number of pyridine rings is 2. The second-order valence-electron chi connectivity index (χ2n) is 4.20. The van der Waals surface area contributed by atoms with E-state index in [9.17, 15) is 4.39 Å². The van der Waals surface area contributed by atoms with Crippen molar-refractivity contribution in [2.45, 2.75) is 6.92 Å². The number of nitrogen functional groups attached to an aromatic ring is 1. The smallest absolute Gasteiger partial charge is 0.163 e. The van der Waals surface area contributed by atoms with Gasteiger partial charge in [-0.2, -0.15) is 0 Å². The summed E-state index contributed by atoms with van der Waals surface area (Å²) in [6.07, 6.45) is 4.32. The number of rotatable bonds is 1. The van der Waals surface area contributed by atoms with E-state index in [1.165, 1.54) is 12.3 Å². The fourth-order valence-corrected chi connectivity index (χ4v) is 1.81. The number of nitrogens with zero attached hydrogens (tertiary/aromatic N) is 4. The molecule has 0 aliphatic rings. The summed E-state index contributed by atoms with van der Waals surface area (Å²) >= 11 is 0. The third-order valence-corrected chi connectivity index (χ3v) is 2.66. The minimum absolute atomic E-state index is 0.268. The van der Waals surface area contributed by atoms with Crippen molar-refractivity contribution in [1.82, 2.24) is 19.9 Å². The molecule has 0 aromatic carbocycles. The Labute approximate surface area is 108 Å². The molecule has 0 unspecified atom stereocenters. The van der Waals surface area contributed by atoms with Crippen LogP contribution in [-0.2, 0) is 0 Å². The summed E-state index contributed by atoms with van der Waals surface area (Å²) in [6, 6.07) is 3.17. The van der Waals surface area contributed by atoms with Crippen molar-refractivity contribution in [3.8, 4) is 11.4 Å². The highest BCUT2D eigenvalue weighted by atomic mass is 19.1. The molecule has 0 spiro atoms. The van der Waals surface area contributed by atoms with E-state index in [1.54, 1.807) is 6.20 Å². The number of halogens is 1. The second-order valence-corrected chi connectivity index (χ2v) is 4.20. The summed E-state index contributed by atoms with van der Waals surface area (Å²) < 4.78 is 13.2. The van der Waals surface area contributed by atoms with Crippen molar-refractivity contribution in [1.29, 1.82) is 0 Å². The first-order chi connectivity index (χ1) is 9.13. The molecule has 0 aliphatic carbocycles. The molecule has 3 aromatic rings. The van der Waals surface area contributed by atoms with Gasteiger partial charge in [-0.1, -0.05) is 0 Å². The first-order valence-corrected chi connectivity index (χ1v) is 5.64. The highest BCUT2D eigenvalue weighted by Crippen LogP contribution is 2.22. The minimum Gasteiger partial charge on any atom is -0.382 e. The Morgan fingerprint density at radius 3 is 2.74 bits per heavy atom. The third kappa shape index (κ3) is 2.08. The Bertz CT molecular complexity index is 772. The van der Waals surface area contributed by atoms with E-state index in [0.29, 0.717) is 22.4 Å². The third-order valence-electron chi connectivity index (χ3n) is 2.66. The lowest BCUT2D eigenvalue weighted by molar-refractivity contribution is 0.622. The SMILES string of the molecule is Cc1cnc2c(N)nc(-c3cncc(F)c3)nc2c1. The largest absolute Gasteiger partial charge is 0.382 e. The molecule has 3 aromatic heterocycles. The molecule has 0 fully saturated rings. The molecular formula is C13H10FN5. The van der Waals surface area contributed by atoms with E-state index in [0.717, 1.165) is 11.8 Å². The van der Waals surface area contributed by atoms with Gasteiger partial charge in [0.05, 0.1) is 11.7 Å². The predicted octanol–water partition coefficient (Wildman–Crippen LogP) is 2.12. The second kappa shape index (κ2) is 4.24. The Morgan fingerprint density at radius 1 is 1.11 bits per heavy atom. The summed E-state index contributed by atoms with van der Waals surface area (Å²) in [5.74, 6) is 0.163. The first kappa shape index (κ1) is 11.5. The summed E-state index contributed by atoms with van der Waals surface area (Å²) in [6.45, 7) is 1.91. The average Bonchev–Trinajstić information content (AvgIpc) is 2.38. The molecule has 0 saturated carbocycles. The highest BCUT2D eigenvalue weighted by Gasteiger charge is 2.09. The molecule has 0 amide bonds. The van der Waals surface area contributed by atoms with Crippen LogP contribution in [0.5, 0.6) is 0 Å². The molecule has 2 N–H and O–H groups in total. The standard InChI is InChI=1S/C13H10FN5/c1-7-2-10-11(17-4-7)12(15)19-13(18-10)8-3-9(14)6-16-5-8/h2-6H,1H3,(H2,15,18,19). The van der Waals surface area contributed by atoms with Crippen LogP contribution in [0.2, 0.25) is 0 Å². The summed E-state index contributed by atoms with van der Waals surface area (Å²) in [5, 5.41) is 0. The van der Waals surface area contributed by atoms with Gasteiger partial charge in [0.1, 0.15) is 11.3 Å². The van der Waals surface area contributed by atoms with E-state index >= 15 is 0 Å². The van der Waals surface area contributed by atoms with E-state index < -0.39 is 5.82 Å². The molecule has 19 heavy (non-hydrogen) atoms. The minimum atomic E-state index is -0.442. The van der Waals surface area contributed by atoms with Crippen molar-refractivity contribution >= 4 is 16.9 Å². The Hall–Kier alpha value is -2.63. The fourth-order valence-electron chi connectivity index (χ4n) is 1.81. The normalized spacial score (nSPS) is 10.8. The fraction of sp³-hybridized carbons (Fsp3) is 0.0769. The van der Waals surface area contributed by atoms with Gasteiger partial charge >= 0.3 is 0 Å². The van der Waals surface area contributed by atoms with Crippen LogP contribution in [-0.4, -0.2) is 19.9 Å². The van der Waals surface area contributed by atoms with Crippen LogP contribution in [0, 0.1) is 12.7 Å².